The Morgan fingerprint density at radius 1 is 0.967 bits per heavy atom. The molecule has 9 heteroatoms. The van der Waals surface area contributed by atoms with Crippen LogP contribution in [0.1, 0.15) is 43.5 Å². The minimum Gasteiger partial charge on any atom is -0.300 e. The Hall–Kier alpha value is -2.62. The Bertz CT molecular complexity index is 1120. The van der Waals surface area contributed by atoms with Gasteiger partial charge in [0.05, 0.1) is 6.04 Å². The molecular formula is C21H24N4O3S2. The number of carbonyl (C=O) groups excluding carboxylic acids is 1. The summed E-state index contributed by atoms with van der Waals surface area (Å²) in [6, 6.07) is 16.4. The van der Waals surface area contributed by atoms with Gasteiger partial charge in [-0.1, -0.05) is 92.3 Å². The van der Waals surface area contributed by atoms with Crippen molar-refractivity contribution in [1.29, 1.82) is 0 Å². The van der Waals surface area contributed by atoms with Crippen LogP contribution < -0.4 is 10.0 Å². The molecule has 2 aromatic carbocycles. The Labute approximate surface area is 180 Å². The van der Waals surface area contributed by atoms with Crippen molar-refractivity contribution in [1.82, 2.24) is 14.9 Å². The lowest BCUT2D eigenvalue weighted by Crippen LogP contribution is -2.29. The van der Waals surface area contributed by atoms with E-state index in [2.05, 4.69) is 20.2 Å². The molecule has 0 bridgehead atoms. The molecular weight excluding hydrogens is 420 g/mol. The second kappa shape index (κ2) is 8.63. The highest BCUT2D eigenvalue weighted by atomic mass is 32.2. The average molecular weight is 445 g/mol. The van der Waals surface area contributed by atoms with E-state index in [-0.39, 0.29) is 15.4 Å². The van der Waals surface area contributed by atoms with E-state index >= 15 is 0 Å². The maximum Gasteiger partial charge on any atom is 0.270 e. The van der Waals surface area contributed by atoms with Crippen LogP contribution in [0.4, 0.5) is 5.13 Å². The Morgan fingerprint density at radius 2 is 1.57 bits per heavy atom. The molecule has 0 radical (unpaired) electrons. The first-order valence-electron chi connectivity index (χ1n) is 9.35. The molecule has 0 saturated heterocycles. The Kier molecular flexibility index (Phi) is 6.35. The summed E-state index contributed by atoms with van der Waals surface area (Å²) < 4.78 is 28.6. The van der Waals surface area contributed by atoms with Gasteiger partial charge < -0.3 is 5.32 Å². The number of rotatable bonds is 6. The van der Waals surface area contributed by atoms with E-state index in [1.54, 1.807) is 20.8 Å². The van der Waals surface area contributed by atoms with Crippen molar-refractivity contribution in [2.24, 2.45) is 5.41 Å². The van der Waals surface area contributed by atoms with Gasteiger partial charge >= 0.3 is 0 Å². The highest BCUT2D eigenvalue weighted by molar-refractivity contribution is 7.91. The van der Waals surface area contributed by atoms with Gasteiger partial charge in [-0.2, -0.15) is 4.72 Å². The molecule has 0 aliphatic rings. The van der Waals surface area contributed by atoms with Crippen LogP contribution >= 0.6 is 11.3 Å². The van der Waals surface area contributed by atoms with E-state index in [4.69, 9.17) is 0 Å². The summed E-state index contributed by atoms with van der Waals surface area (Å²) in [6.45, 7) is 7.25. The topological polar surface area (TPSA) is 101 Å². The normalized spacial score (nSPS) is 13.1. The van der Waals surface area contributed by atoms with Crippen LogP contribution in [-0.4, -0.2) is 24.5 Å². The van der Waals surface area contributed by atoms with Crippen molar-refractivity contribution in [3.8, 4) is 0 Å². The van der Waals surface area contributed by atoms with Crippen molar-refractivity contribution >= 4 is 32.4 Å². The number of nitrogens with one attached hydrogen (secondary N) is 2. The summed E-state index contributed by atoms with van der Waals surface area (Å²) in [5.74, 6) is -0.266. The quantitative estimate of drug-likeness (QED) is 0.562. The van der Waals surface area contributed by atoms with E-state index in [0.29, 0.717) is 0 Å². The Balaban J connectivity index is 1.89. The van der Waals surface area contributed by atoms with Gasteiger partial charge in [0.25, 0.3) is 10.0 Å². The number of aryl methyl sites for hydroxylation is 1. The van der Waals surface area contributed by atoms with Gasteiger partial charge in [-0.3, -0.25) is 4.79 Å². The van der Waals surface area contributed by atoms with Crippen molar-refractivity contribution < 1.29 is 13.2 Å². The molecule has 2 N–H and O–H groups in total. The van der Waals surface area contributed by atoms with Crippen molar-refractivity contribution in [3.63, 3.8) is 0 Å². The fourth-order valence-corrected chi connectivity index (χ4v) is 4.72. The second-order valence-corrected chi connectivity index (χ2v) is 10.8. The molecule has 158 valence electrons. The van der Waals surface area contributed by atoms with E-state index in [1.165, 1.54) is 0 Å². The van der Waals surface area contributed by atoms with Crippen LogP contribution in [0.2, 0.25) is 0 Å². The number of benzene rings is 2. The first kappa shape index (κ1) is 22.1. The van der Waals surface area contributed by atoms with Crippen LogP contribution in [0.15, 0.2) is 58.9 Å². The van der Waals surface area contributed by atoms with Crippen molar-refractivity contribution in [2.75, 3.05) is 5.32 Å². The van der Waals surface area contributed by atoms with Gasteiger partial charge in [-0.15, -0.1) is 10.2 Å². The van der Waals surface area contributed by atoms with Crippen LogP contribution in [0.25, 0.3) is 0 Å². The molecule has 3 rings (SSSR count). The molecule has 1 heterocycles. The van der Waals surface area contributed by atoms with E-state index in [1.807, 2.05) is 61.5 Å². The molecule has 0 aliphatic carbocycles. The predicted molar refractivity (Wildman–Crippen MR) is 118 cm³/mol. The van der Waals surface area contributed by atoms with Gasteiger partial charge in [0, 0.05) is 5.41 Å². The summed E-state index contributed by atoms with van der Waals surface area (Å²) >= 11 is 0.814. The summed E-state index contributed by atoms with van der Waals surface area (Å²) in [7, 11) is -3.97. The molecule has 0 spiro atoms. The fraction of sp³-hybridized carbons (Fsp3) is 0.286. The standard InChI is InChI=1S/C21H24N4O3S2/c1-14-10-12-16(13-11-14)17(15-8-6-5-7-9-15)25-30(27,28)20-24-23-19(29-20)22-18(26)21(2,3)4/h5-13,17,25H,1-4H3,(H,22,23,26)/t17-/m1/s1. The summed E-state index contributed by atoms with van der Waals surface area (Å²) in [6.07, 6.45) is 0. The lowest BCUT2D eigenvalue weighted by atomic mass is 9.96. The molecule has 1 aromatic heterocycles. The van der Waals surface area contributed by atoms with Gasteiger partial charge in [0.1, 0.15) is 0 Å². The molecule has 1 amide bonds. The predicted octanol–water partition coefficient (Wildman–Crippen LogP) is 3.90. The SMILES string of the molecule is Cc1ccc([C@H](NS(=O)(=O)c2nnc(NC(=O)C(C)(C)C)s2)c2ccccc2)cc1. The fourth-order valence-electron chi connectivity index (χ4n) is 2.59. The zero-order valence-corrected chi connectivity index (χ0v) is 18.8. The van der Waals surface area contributed by atoms with Crippen LogP contribution in [-0.2, 0) is 14.8 Å². The zero-order chi connectivity index (χ0) is 21.9. The van der Waals surface area contributed by atoms with Crippen molar-refractivity contribution in [3.05, 3.63) is 71.3 Å². The van der Waals surface area contributed by atoms with E-state index < -0.39 is 21.5 Å². The number of hydrogen-bond acceptors (Lipinski definition) is 6. The van der Waals surface area contributed by atoms with Crippen LogP contribution in [0, 0.1) is 12.3 Å². The maximum absolute atomic E-state index is 13.0. The maximum atomic E-state index is 13.0. The minimum atomic E-state index is -3.97. The summed E-state index contributed by atoms with van der Waals surface area (Å²) in [5.41, 5.74) is 2.06. The molecule has 7 nitrogen and oxygen atoms in total. The molecule has 30 heavy (non-hydrogen) atoms. The van der Waals surface area contributed by atoms with Crippen molar-refractivity contribution in [2.45, 2.75) is 38.1 Å². The number of aromatic nitrogens is 2. The average Bonchev–Trinajstić information content (AvgIpc) is 3.16. The summed E-state index contributed by atoms with van der Waals surface area (Å²) in [4.78, 5) is 12.1. The Morgan fingerprint density at radius 3 is 2.17 bits per heavy atom. The number of sulfonamides is 1. The molecule has 0 aliphatic heterocycles. The third-order valence-corrected chi connectivity index (χ3v) is 6.98. The van der Waals surface area contributed by atoms with Gasteiger partial charge in [-0.05, 0) is 18.1 Å². The highest BCUT2D eigenvalue weighted by Crippen LogP contribution is 2.27. The zero-order valence-electron chi connectivity index (χ0n) is 17.2. The van der Waals surface area contributed by atoms with Crippen LogP contribution in [0.5, 0.6) is 0 Å². The van der Waals surface area contributed by atoms with Gasteiger partial charge in [0.2, 0.25) is 15.4 Å². The molecule has 0 saturated carbocycles. The molecule has 1 atom stereocenters. The largest absolute Gasteiger partial charge is 0.300 e. The lowest BCUT2D eigenvalue weighted by Gasteiger charge is -2.19. The van der Waals surface area contributed by atoms with Gasteiger partial charge in [-0.25, -0.2) is 8.42 Å². The number of nitrogens with zero attached hydrogens (tertiary/aromatic N) is 2. The number of hydrogen-bond donors (Lipinski definition) is 2. The molecule has 0 unspecified atom stereocenters. The smallest absolute Gasteiger partial charge is 0.270 e. The molecule has 3 aromatic rings. The van der Waals surface area contributed by atoms with E-state index in [9.17, 15) is 13.2 Å². The summed E-state index contributed by atoms with van der Waals surface area (Å²) in [5, 5.41) is 10.4. The minimum absolute atomic E-state index is 0.141. The van der Waals surface area contributed by atoms with Crippen LogP contribution in [0.3, 0.4) is 0 Å². The third-order valence-electron chi connectivity index (χ3n) is 4.35. The monoisotopic (exact) mass is 444 g/mol. The second-order valence-electron chi connectivity index (χ2n) is 7.95. The third kappa shape index (κ3) is 5.29. The number of amides is 1. The van der Waals surface area contributed by atoms with Gasteiger partial charge in [0.15, 0.2) is 0 Å². The first-order chi connectivity index (χ1) is 14.1. The number of anilines is 1. The first-order valence-corrected chi connectivity index (χ1v) is 11.6. The number of carbonyl (C=O) groups is 1. The lowest BCUT2D eigenvalue weighted by molar-refractivity contribution is -0.123. The highest BCUT2D eigenvalue weighted by Gasteiger charge is 2.28. The van der Waals surface area contributed by atoms with E-state index in [0.717, 1.165) is 28.0 Å². The molecule has 0 fully saturated rings.